The molecule has 0 bridgehead atoms. The predicted octanol–water partition coefficient (Wildman–Crippen LogP) is 4.33. The first-order chi connectivity index (χ1) is 10.2. The second-order valence-electron chi connectivity index (χ2n) is 5.55. The highest BCUT2D eigenvalue weighted by molar-refractivity contribution is 5.34. The zero-order valence-corrected chi connectivity index (χ0v) is 13.2. The Kier molecular flexibility index (Phi) is 5.82. The second-order valence-corrected chi connectivity index (χ2v) is 5.55. The predicted molar refractivity (Wildman–Crippen MR) is 88.6 cm³/mol. The molecule has 0 radical (unpaired) electrons. The summed E-state index contributed by atoms with van der Waals surface area (Å²) in [6.07, 6.45) is 0.993. The smallest absolute Gasteiger partial charge is 0.122 e. The van der Waals surface area contributed by atoms with Crippen LogP contribution in [0.25, 0.3) is 0 Å². The van der Waals surface area contributed by atoms with Crippen LogP contribution < -0.4 is 10.1 Å². The number of benzene rings is 2. The molecule has 2 nitrogen and oxygen atoms in total. The maximum Gasteiger partial charge on any atom is 0.122 e. The SMILES string of the molecule is CCc1ccccc1OCc1ccccc1CNC(C)C. The van der Waals surface area contributed by atoms with Gasteiger partial charge in [0.15, 0.2) is 0 Å². The molecule has 112 valence electrons. The molecule has 0 heterocycles. The van der Waals surface area contributed by atoms with E-state index in [2.05, 4.69) is 62.5 Å². The van der Waals surface area contributed by atoms with Crippen molar-refractivity contribution >= 4 is 0 Å². The van der Waals surface area contributed by atoms with Crippen LogP contribution in [0.4, 0.5) is 0 Å². The Balaban J connectivity index is 2.06. The summed E-state index contributed by atoms with van der Waals surface area (Å²) in [5, 5.41) is 3.47. The van der Waals surface area contributed by atoms with E-state index >= 15 is 0 Å². The quantitative estimate of drug-likeness (QED) is 0.817. The summed E-state index contributed by atoms with van der Waals surface area (Å²) < 4.78 is 6.03. The third-order valence-corrected chi connectivity index (χ3v) is 3.56. The lowest BCUT2D eigenvalue weighted by Crippen LogP contribution is -2.22. The van der Waals surface area contributed by atoms with Crippen molar-refractivity contribution in [3.63, 3.8) is 0 Å². The van der Waals surface area contributed by atoms with E-state index in [1.54, 1.807) is 0 Å². The van der Waals surface area contributed by atoms with Crippen LogP contribution in [0.15, 0.2) is 48.5 Å². The summed E-state index contributed by atoms with van der Waals surface area (Å²) in [7, 11) is 0. The Labute approximate surface area is 128 Å². The van der Waals surface area contributed by atoms with E-state index in [-0.39, 0.29) is 0 Å². The molecular formula is C19H25NO. The van der Waals surface area contributed by atoms with Crippen LogP contribution in [0, 0.1) is 0 Å². The number of hydrogen-bond acceptors (Lipinski definition) is 2. The molecule has 0 aliphatic carbocycles. The van der Waals surface area contributed by atoms with Gasteiger partial charge in [-0.2, -0.15) is 0 Å². The molecule has 0 aliphatic heterocycles. The van der Waals surface area contributed by atoms with Crippen molar-refractivity contribution in [2.75, 3.05) is 0 Å². The number of aryl methyl sites for hydroxylation is 1. The van der Waals surface area contributed by atoms with Crippen LogP contribution in [0.5, 0.6) is 5.75 Å². The Morgan fingerprint density at radius 1 is 0.905 bits per heavy atom. The van der Waals surface area contributed by atoms with E-state index in [9.17, 15) is 0 Å². The van der Waals surface area contributed by atoms with Crippen LogP contribution >= 0.6 is 0 Å². The first-order valence-corrected chi connectivity index (χ1v) is 7.71. The van der Waals surface area contributed by atoms with Gasteiger partial charge in [-0.15, -0.1) is 0 Å². The molecule has 0 aromatic heterocycles. The highest BCUT2D eigenvalue weighted by atomic mass is 16.5. The van der Waals surface area contributed by atoms with E-state index in [1.807, 2.05) is 12.1 Å². The molecule has 2 rings (SSSR count). The zero-order chi connectivity index (χ0) is 15.1. The monoisotopic (exact) mass is 283 g/mol. The minimum absolute atomic E-state index is 0.486. The molecule has 0 spiro atoms. The van der Waals surface area contributed by atoms with Gasteiger partial charge in [-0.3, -0.25) is 0 Å². The maximum absolute atomic E-state index is 6.03. The van der Waals surface area contributed by atoms with E-state index in [1.165, 1.54) is 16.7 Å². The van der Waals surface area contributed by atoms with Gasteiger partial charge >= 0.3 is 0 Å². The molecule has 2 heteroatoms. The van der Waals surface area contributed by atoms with E-state index in [0.717, 1.165) is 18.7 Å². The average Bonchev–Trinajstić information content (AvgIpc) is 2.51. The summed E-state index contributed by atoms with van der Waals surface area (Å²) in [4.78, 5) is 0. The van der Waals surface area contributed by atoms with E-state index in [4.69, 9.17) is 4.74 Å². The van der Waals surface area contributed by atoms with Gasteiger partial charge in [0.05, 0.1) is 0 Å². The summed E-state index contributed by atoms with van der Waals surface area (Å²) in [6.45, 7) is 7.98. The van der Waals surface area contributed by atoms with Crippen molar-refractivity contribution in [1.82, 2.24) is 5.32 Å². The minimum atomic E-state index is 0.486. The summed E-state index contributed by atoms with van der Waals surface area (Å²) >= 11 is 0. The summed E-state index contributed by atoms with van der Waals surface area (Å²) in [6, 6.07) is 17.2. The standard InChI is InChI=1S/C19H25NO/c1-4-16-9-7-8-12-19(16)21-14-18-11-6-5-10-17(18)13-20-15(2)3/h5-12,15,20H,4,13-14H2,1-3H3. The van der Waals surface area contributed by atoms with Gasteiger partial charge in [0.25, 0.3) is 0 Å². The van der Waals surface area contributed by atoms with Crippen molar-refractivity contribution in [1.29, 1.82) is 0 Å². The largest absolute Gasteiger partial charge is 0.489 e. The van der Waals surface area contributed by atoms with Crippen molar-refractivity contribution in [3.05, 3.63) is 65.2 Å². The van der Waals surface area contributed by atoms with E-state index in [0.29, 0.717) is 12.6 Å². The van der Waals surface area contributed by atoms with Gasteiger partial charge in [-0.25, -0.2) is 0 Å². The average molecular weight is 283 g/mol. The molecule has 0 amide bonds. The number of hydrogen-bond donors (Lipinski definition) is 1. The number of para-hydroxylation sites is 1. The van der Waals surface area contributed by atoms with Gasteiger partial charge < -0.3 is 10.1 Å². The molecule has 1 N–H and O–H groups in total. The van der Waals surface area contributed by atoms with Gasteiger partial charge in [0.2, 0.25) is 0 Å². The normalized spacial score (nSPS) is 10.9. The Morgan fingerprint density at radius 2 is 1.52 bits per heavy atom. The molecule has 0 atom stereocenters. The molecule has 0 saturated heterocycles. The topological polar surface area (TPSA) is 21.3 Å². The number of nitrogens with one attached hydrogen (secondary N) is 1. The molecule has 21 heavy (non-hydrogen) atoms. The third kappa shape index (κ3) is 4.61. The Hall–Kier alpha value is -1.80. The van der Waals surface area contributed by atoms with Crippen LogP contribution in [-0.2, 0) is 19.6 Å². The van der Waals surface area contributed by atoms with Gasteiger partial charge in [0, 0.05) is 12.6 Å². The fourth-order valence-corrected chi connectivity index (χ4v) is 2.28. The number of rotatable bonds is 7. The van der Waals surface area contributed by atoms with E-state index < -0.39 is 0 Å². The van der Waals surface area contributed by atoms with Crippen LogP contribution in [0.3, 0.4) is 0 Å². The summed E-state index contributed by atoms with van der Waals surface area (Å²) in [5.74, 6) is 0.992. The first-order valence-electron chi connectivity index (χ1n) is 7.71. The Morgan fingerprint density at radius 3 is 2.19 bits per heavy atom. The molecular weight excluding hydrogens is 258 g/mol. The number of ether oxygens (including phenoxy) is 1. The maximum atomic E-state index is 6.03. The lowest BCUT2D eigenvalue weighted by molar-refractivity contribution is 0.301. The molecule has 0 saturated carbocycles. The van der Waals surface area contributed by atoms with Crippen molar-refractivity contribution < 1.29 is 4.74 Å². The highest BCUT2D eigenvalue weighted by Gasteiger charge is 2.05. The fourth-order valence-electron chi connectivity index (χ4n) is 2.28. The summed E-state index contributed by atoms with van der Waals surface area (Å²) in [5.41, 5.74) is 3.81. The third-order valence-electron chi connectivity index (χ3n) is 3.56. The second kappa shape index (κ2) is 7.84. The fraction of sp³-hybridized carbons (Fsp3) is 0.368. The van der Waals surface area contributed by atoms with Gasteiger partial charge in [-0.05, 0) is 29.2 Å². The lowest BCUT2D eigenvalue weighted by atomic mass is 10.1. The van der Waals surface area contributed by atoms with Crippen molar-refractivity contribution in [2.45, 2.75) is 46.4 Å². The van der Waals surface area contributed by atoms with Gasteiger partial charge in [0.1, 0.15) is 12.4 Å². The molecule has 2 aromatic rings. The molecule has 2 aromatic carbocycles. The van der Waals surface area contributed by atoms with Crippen molar-refractivity contribution in [2.24, 2.45) is 0 Å². The van der Waals surface area contributed by atoms with Crippen LogP contribution in [0.1, 0.15) is 37.5 Å². The first kappa shape index (κ1) is 15.6. The van der Waals surface area contributed by atoms with Gasteiger partial charge in [-0.1, -0.05) is 63.2 Å². The minimum Gasteiger partial charge on any atom is -0.489 e. The lowest BCUT2D eigenvalue weighted by Gasteiger charge is -2.14. The van der Waals surface area contributed by atoms with Crippen LogP contribution in [0.2, 0.25) is 0 Å². The Bertz CT molecular complexity index is 563. The highest BCUT2D eigenvalue weighted by Crippen LogP contribution is 2.20. The molecule has 0 fully saturated rings. The molecule has 0 aliphatic rings. The van der Waals surface area contributed by atoms with Crippen LogP contribution in [-0.4, -0.2) is 6.04 Å². The zero-order valence-electron chi connectivity index (χ0n) is 13.2. The molecule has 0 unspecified atom stereocenters. The van der Waals surface area contributed by atoms with Crippen molar-refractivity contribution in [3.8, 4) is 5.75 Å².